The predicted molar refractivity (Wildman–Crippen MR) is 378 cm³/mol. The maximum Gasteiger partial charge on any atom is 0.311 e. The number of esters is 5. The third kappa shape index (κ3) is 39.9. The molecule has 0 aromatic rings. The lowest BCUT2D eigenvalue weighted by Gasteiger charge is -2.16. The number of nitrogens with zero attached hydrogens (tertiary/aromatic N) is 5. The number of hydrogen-bond acceptors (Lipinski definition) is 15. The van der Waals surface area contributed by atoms with Crippen molar-refractivity contribution >= 4 is 59.4 Å². The Balaban J connectivity index is 0.000000602. The van der Waals surface area contributed by atoms with Crippen LogP contribution in [0.25, 0.3) is 0 Å². The Morgan fingerprint density at radius 1 is 0.240 bits per heavy atom. The molecule has 20 heteroatoms. The van der Waals surface area contributed by atoms with E-state index < -0.39 is 0 Å². The average molecular weight is 1360 g/mol. The number of rotatable bonds is 46. The second-order valence-corrected chi connectivity index (χ2v) is 27.0. The summed E-state index contributed by atoms with van der Waals surface area (Å²) in [6, 6.07) is 0. The highest BCUT2D eigenvalue weighted by molar-refractivity contribution is 5.89. The van der Waals surface area contributed by atoms with E-state index in [1.807, 2.05) is 14.7 Å². The minimum absolute atomic E-state index is 0.0934. The molecular weight excluding hydrogens is 1220 g/mol. The zero-order chi connectivity index (χ0) is 71.1. The van der Waals surface area contributed by atoms with Gasteiger partial charge in [0.05, 0.1) is 62.6 Å². The maximum absolute atomic E-state index is 11.9. The molecule has 5 aliphatic rings. The molecule has 5 saturated heterocycles. The minimum atomic E-state index is -0.242. The first-order chi connectivity index (χ1) is 46.4. The van der Waals surface area contributed by atoms with Crippen LogP contribution in [-0.4, -0.2) is 182 Å². The molecule has 0 bridgehead atoms. The summed E-state index contributed by atoms with van der Waals surface area (Å²) in [6.07, 6.45) is 35.8. The van der Waals surface area contributed by atoms with E-state index in [4.69, 9.17) is 23.7 Å². The first-order valence-corrected chi connectivity index (χ1v) is 38.7. The Kier molecular flexibility index (Phi) is 53.2. The Labute approximate surface area is 581 Å². The van der Waals surface area contributed by atoms with Crippen molar-refractivity contribution in [2.24, 2.45) is 29.6 Å². The summed E-state index contributed by atoms with van der Waals surface area (Å²) in [7, 11) is 0. The third-order valence-corrected chi connectivity index (χ3v) is 18.1. The van der Waals surface area contributed by atoms with Gasteiger partial charge < -0.3 is 48.2 Å². The number of unbranched alkanes of at least 4 members (excludes halogenated alkanes) is 21. The van der Waals surface area contributed by atoms with Crippen LogP contribution in [0.4, 0.5) is 0 Å². The molecule has 20 nitrogen and oxygen atoms in total. The highest BCUT2D eigenvalue weighted by Gasteiger charge is 2.39. The highest BCUT2D eigenvalue weighted by Crippen LogP contribution is 2.25. The molecule has 5 rings (SSSR count). The van der Waals surface area contributed by atoms with Gasteiger partial charge in [0.15, 0.2) is 0 Å². The predicted octanol–water partition coefficient (Wildman–Crippen LogP) is 14.2. The van der Waals surface area contributed by atoms with Crippen molar-refractivity contribution < 1.29 is 71.6 Å². The maximum atomic E-state index is 11.9. The van der Waals surface area contributed by atoms with E-state index in [2.05, 4.69) is 69.2 Å². The third-order valence-electron chi connectivity index (χ3n) is 18.1. The number of hydrogen-bond donors (Lipinski definition) is 0. The lowest BCUT2D eigenvalue weighted by Crippen LogP contribution is -2.27. The first kappa shape index (κ1) is 88.7. The number of likely N-dealkylation sites (tertiary alicyclic amines) is 5. The summed E-state index contributed by atoms with van der Waals surface area (Å²) in [4.78, 5) is 127. The number of ether oxygens (including phenoxy) is 5. The monoisotopic (exact) mass is 1360 g/mol. The number of carbonyl (C=O) groups excluding carboxylic acids is 10. The van der Waals surface area contributed by atoms with Crippen molar-refractivity contribution in [3.05, 3.63) is 0 Å². The van der Waals surface area contributed by atoms with E-state index in [1.54, 1.807) is 9.80 Å². The average Bonchev–Trinajstić information content (AvgIpc) is 1.92. The smallest absolute Gasteiger partial charge is 0.311 e. The van der Waals surface area contributed by atoms with E-state index in [9.17, 15) is 47.9 Å². The summed E-state index contributed by atoms with van der Waals surface area (Å²) in [6.45, 7) is 30.2. The summed E-state index contributed by atoms with van der Waals surface area (Å²) in [5.41, 5.74) is 0. The number of carbonyl (C=O) groups is 10. The Morgan fingerprint density at radius 2 is 0.396 bits per heavy atom. The van der Waals surface area contributed by atoms with Crippen LogP contribution >= 0.6 is 0 Å². The molecule has 96 heavy (non-hydrogen) atoms. The quantitative estimate of drug-likeness (QED) is 0.0313. The van der Waals surface area contributed by atoms with Crippen LogP contribution in [0.5, 0.6) is 0 Å². The fourth-order valence-electron chi connectivity index (χ4n) is 11.7. The second-order valence-electron chi connectivity index (χ2n) is 27.0. The van der Waals surface area contributed by atoms with Crippen LogP contribution in [0.2, 0.25) is 0 Å². The molecular formula is C76H137N5O15. The summed E-state index contributed by atoms with van der Waals surface area (Å²) in [5.74, 6) is -1.66. The van der Waals surface area contributed by atoms with Crippen molar-refractivity contribution in [1.29, 1.82) is 0 Å². The van der Waals surface area contributed by atoms with E-state index in [1.165, 1.54) is 77.0 Å². The van der Waals surface area contributed by atoms with Gasteiger partial charge in [0.1, 0.15) is 0 Å². The van der Waals surface area contributed by atoms with Gasteiger partial charge >= 0.3 is 29.8 Å². The molecule has 556 valence electrons. The van der Waals surface area contributed by atoms with E-state index in [0.29, 0.717) is 97.9 Å². The van der Waals surface area contributed by atoms with Crippen LogP contribution in [0.15, 0.2) is 0 Å². The first-order valence-electron chi connectivity index (χ1n) is 38.7. The summed E-state index contributed by atoms with van der Waals surface area (Å²) in [5, 5.41) is 0. The molecule has 5 fully saturated rings. The van der Waals surface area contributed by atoms with E-state index in [0.717, 1.165) is 155 Å². The van der Waals surface area contributed by atoms with E-state index >= 15 is 0 Å². The van der Waals surface area contributed by atoms with Crippen LogP contribution in [0.3, 0.4) is 0 Å². The SMILES string of the molecule is CCCCCCCCCN1CC(C(=O)OCCCC)CC1=O.CCCCCCCN1CC(C(=O)OCCCC)CC1=O.CCCCCCN1CC(C(=O)OCCCC)CC1=O.CCCCCN1CC(C(=O)OCCCC)CC1=O.CCCCOC(=O)C1CC(=O)N(CCCC)C1. The minimum Gasteiger partial charge on any atom is -0.465 e. The van der Waals surface area contributed by atoms with Gasteiger partial charge in [0.25, 0.3) is 0 Å². The van der Waals surface area contributed by atoms with Crippen molar-refractivity contribution in [2.75, 3.05) is 98.5 Å². The Bertz CT molecular complexity index is 2150. The normalized spacial score (nSPS) is 18.9. The zero-order valence-electron chi connectivity index (χ0n) is 62.3. The molecule has 5 aliphatic heterocycles. The summed E-state index contributed by atoms with van der Waals surface area (Å²) < 4.78 is 25.9. The van der Waals surface area contributed by atoms with Crippen LogP contribution in [-0.2, 0) is 71.6 Å². The molecule has 5 amide bonds. The van der Waals surface area contributed by atoms with Gasteiger partial charge in [-0.25, -0.2) is 0 Å². The van der Waals surface area contributed by atoms with Crippen molar-refractivity contribution in [3.8, 4) is 0 Å². The molecule has 0 spiro atoms. The van der Waals surface area contributed by atoms with Crippen molar-refractivity contribution in [2.45, 2.75) is 300 Å². The summed E-state index contributed by atoms with van der Waals surface area (Å²) >= 11 is 0. The second kappa shape index (κ2) is 57.6. The van der Waals surface area contributed by atoms with Gasteiger partial charge in [0.2, 0.25) is 29.5 Å². The zero-order valence-corrected chi connectivity index (χ0v) is 62.3. The van der Waals surface area contributed by atoms with Gasteiger partial charge in [-0.1, -0.05) is 204 Å². The Morgan fingerprint density at radius 3 is 0.604 bits per heavy atom. The van der Waals surface area contributed by atoms with Gasteiger partial charge in [-0.05, 0) is 64.2 Å². The van der Waals surface area contributed by atoms with Gasteiger partial charge in [-0.2, -0.15) is 0 Å². The lowest BCUT2D eigenvalue weighted by molar-refractivity contribution is -0.149. The van der Waals surface area contributed by atoms with Crippen LogP contribution < -0.4 is 0 Å². The van der Waals surface area contributed by atoms with Crippen LogP contribution in [0, 0.1) is 29.6 Å². The molecule has 0 aliphatic carbocycles. The highest BCUT2D eigenvalue weighted by atomic mass is 16.5. The molecule has 5 atom stereocenters. The van der Waals surface area contributed by atoms with Gasteiger partial charge in [0, 0.05) is 97.6 Å². The lowest BCUT2D eigenvalue weighted by atomic mass is 10.1. The molecule has 0 aromatic carbocycles. The van der Waals surface area contributed by atoms with E-state index in [-0.39, 0.29) is 89.0 Å². The molecule has 0 saturated carbocycles. The Hall–Kier alpha value is -5.30. The van der Waals surface area contributed by atoms with Gasteiger partial charge in [-0.3, -0.25) is 47.9 Å². The fraction of sp³-hybridized carbons (Fsp3) is 0.868. The molecule has 0 radical (unpaired) electrons. The molecule has 0 aromatic heterocycles. The standard InChI is InChI=1S/C18H33NO3.C16H29NO3.C15H27NO3.C14H25NO3.C13H23NO3/c1-3-5-7-8-9-10-11-12-19-15-16(14-17(19)20)18(21)22-13-6-4-2;1-3-5-7-8-9-10-17-13-14(12-15(17)18)16(19)20-11-6-4-2;1-3-5-7-8-9-16-12-13(11-14(16)17)15(18)19-10-6-4-2;1-3-5-7-8-15-11-12(10-13(15)16)14(17)18-9-6-4-2;1-3-5-7-14-10-11(9-12(14)15)13(16)17-8-6-4-2/h16H,3-15H2,1-2H3;14H,3-13H2,1-2H3;13H,3-12H2,1-2H3;12H,3-11H2,1-2H3;11H,3-10H2,1-2H3. The molecule has 0 N–H and O–H groups in total. The van der Waals surface area contributed by atoms with Crippen molar-refractivity contribution in [3.63, 3.8) is 0 Å². The van der Waals surface area contributed by atoms with Gasteiger partial charge in [-0.15, -0.1) is 0 Å². The van der Waals surface area contributed by atoms with Crippen molar-refractivity contribution in [1.82, 2.24) is 24.5 Å². The molecule has 5 unspecified atom stereocenters. The number of amides is 5. The van der Waals surface area contributed by atoms with Crippen LogP contribution in [0.1, 0.15) is 300 Å². The topological polar surface area (TPSA) is 233 Å². The fourth-order valence-corrected chi connectivity index (χ4v) is 11.7. The largest absolute Gasteiger partial charge is 0.465 e. The molecule has 5 heterocycles.